The third-order valence-electron chi connectivity index (χ3n) is 4.99. The predicted molar refractivity (Wildman–Crippen MR) is 98.9 cm³/mol. The van der Waals surface area contributed by atoms with E-state index >= 15 is 0 Å². The molecule has 0 atom stereocenters. The van der Waals surface area contributed by atoms with Crippen molar-refractivity contribution in [2.24, 2.45) is 0 Å². The van der Waals surface area contributed by atoms with E-state index in [-0.39, 0.29) is 0 Å². The molecule has 4 aromatic heterocycles. The van der Waals surface area contributed by atoms with Gasteiger partial charge in [0.05, 0.1) is 0 Å². The monoisotopic (exact) mass is 361 g/mol. The van der Waals surface area contributed by atoms with Crippen molar-refractivity contribution in [2.75, 3.05) is 18.0 Å². The van der Waals surface area contributed by atoms with Gasteiger partial charge in [0.25, 0.3) is 0 Å². The highest BCUT2D eigenvalue weighted by molar-refractivity contribution is 5.41. The molecular weight excluding hydrogens is 342 g/mol. The van der Waals surface area contributed by atoms with E-state index < -0.39 is 0 Å². The molecule has 0 bridgehead atoms. The molecule has 0 radical (unpaired) electrons. The second kappa shape index (κ2) is 6.42. The normalized spacial score (nSPS) is 15.5. The van der Waals surface area contributed by atoms with Gasteiger partial charge in [-0.25, -0.2) is 14.6 Å². The Morgan fingerprint density at radius 1 is 1.04 bits per heavy atom. The lowest BCUT2D eigenvalue weighted by molar-refractivity contribution is 0.474. The van der Waals surface area contributed by atoms with Crippen LogP contribution in [-0.2, 0) is 0 Å². The number of nitrogens with zero attached hydrogens (tertiary/aromatic N) is 9. The first-order chi connectivity index (χ1) is 13.3. The van der Waals surface area contributed by atoms with E-state index in [0.717, 1.165) is 54.7 Å². The predicted octanol–water partition coefficient (Wildman–Crippen LogP) is 1.79. The minimum Gasteiger partial charge on any atom is -0.356 e. The molecule has 1 aliphatic rings. The van der Waals surface area contributed by atoms with E-state index in [2.05, 4.69) is 30.2 Å². The summed E-state index contributed by atoms with van der Waals surface area (Å²) in [7, 11) is 0. The largest absolute Gasteiger partial charge is 0.356 e. The van der Waals surface area contributed by atoms with Crippen molar-refractivity contribution < 1.29 is 0 Å². The molecule has 0 saturated carbocycles. The van der Waals surface area contributed by atoms with Crippen LogP contribution in [0.4, 0.5) is 5.82 Å². The highest BCUT2D eigenvalue weighted by Gasteiger charge is 2.26. The summed E-state index contributed by atoms with van der Waals surface area (Å²) in [4.78, 5) is 10.9. The van der Waals surface area contributed by atoms with E-state index in [9.17, 15) is 0 Å². The molecule has 5 heterocycles. The molecule has 0 spiro atoms. The van der Waals surface area contributed by atoms with Gasteiger partial charge in [-0.2, -0.15) is 9.61 Å². The molecule has 9 nitrogen and oxygen atoms in total. The lowest BCUT2D eigenvalue weighted by Crippen LogP contribution is -2.34. The van der Waals surface area contributed by atoms with E-state index in [1.54, 1.807) is 17.2 Å². The van der Waals surface area contributed by atoms with Crippen LogP contribution < -0.4 is 4.90 Å². The van der Waals surface area contributed by atoms with Gasteiger partial charge < -0.3 is 4.90 Å². The summed E-state index contributed by atoms with van der Waals surface area (Å²) in [5, 5.41) is 17.7. The summed E-state index contributed by atoms with van der Waals surface area (Å²) in [5.41, 5.74) is 1.75. The Bertz CT molecular complexity index is 1060. The Morgan fingerprint density at radius 2 is 1.93 bits per heavy atom. The smallest absolute Gasteiger partial charge is 0.178 e. The molecule has 0 unspecified atom stereocenters. The number of hydrogen-bond acceptors (Lipinski definition) is 7. The molecule has 4 aromatic rings. The molecule has 1 saturated heterocycles. The highest BCUT2D eigenvalue weighted by atomic mass is 15.4. The van der Waals surface area contributed by atoms with Crippen LogP contribution in [-0.4, -0.2) is 52.6 Å². The van der Waals surface area contributed by atoms with E-state index in [1.165, 1.54) is 0 Å². The number of aromatic nitrogens is 8. The van der Waals surface area contributed by atoms with Crippen molar-refractivity contribution in [1.29, 1.82) is 0 Å². The van der Waals surface area contributed by atoms with Gasteiger partial charge in [-0.1, -0.05) is 0 Å². The topological polar surface area (TPSA) is 89.9 Å². The fourth-order valence-electron chi connectivity index (χ4n) is 3.56. The van der Waals surface area contributed by atoms with Crippen LogP contribution in [0.1, 0.15) is 30.3 Å². The molecule has 0 aliphatic carbocycles. The zero-order valence-electron chi connectivity index (χ0n) is 15.0. The Kier molecular flexibility index (Phi) is 3.77. The van der Waals surface area contributed by atoms with E-state index in [4.69, 9.17) is 5.10 Å². The summed E-state index contributed by atoms with van der Waals surface area (Å²) >= 11 is 0. The van der Waals surface area contributed by atoms with Crippen molar-refractivity contribution in [1.82, 2.24) is 39.6 Å². The number of rotatable bonds is 3. The number of aryl methyl sites for hydroxylation is 1. The van der Waals surface area contributed by atoms with Gasteiger partial charge in [-0.3, -0.25) is 0 Å². The van der Waals surface area contributed by atoms with E-state index in [1.807, 2.05) is 41.9 Å². The van der Waals surface area contributed by atoms with Gasteiger partial charge in [0.1, 0.15) is 12.1 Å². The lowest BCUT2D eigenvalue weighted by atomic mass is 9.96. The SMILES string of the molecule is Cc1cc(N2CCC(c3nnc4ccc(-n5cccn5)nn34)CC2)ncn1. The zero-order valence-corrected chi connectivity index (χ0v) is 15.0. The molecule has 0 aromatic carbocycles. The Balaban J connectivity index is 1.39. The second-order valence-corrected chi connectivity index (χ2v) is 6.75. The summed E-state index contributed by atoms with van der Waals surface area (Å²) in [6, 6.07) is 7.74. The van der Waals surface area contributed by atoms with Crippen LogP contribution in [0, 0.1) is 6.92 Å². The van der Waals surface area contributed by atoms with Crippen LogP contribution in [0.5, 0.6) is 0 Å². The zero-order chi connectivity index (χ0) is 18.2. The van der Waals surface area contributed by atoms with Crippen molar-refractivity contribution >= 4 is 11.5 Å². The molecule has 9 heteroatoms. The standard InChI is InChI=1S/C18H19N9/c1-13-11-17(20-12-19-13)25-9-5-14(6-10-25)18-23-22-15-3-4-16(24-27(15)18)26-8-2-7-21-26/h2-4,7-8,11-12,14H,5-6,9-10H2,1H3. The van der Waals surface area contributed by atoms with Crippen LogP contribution in [0.2, 0.25) is 0 Å². The average Bonchev–Trinajstić information content (AvgIpc) is 3.38. The first-order valence-electron chi connectivity index (χ1n) is 9.04. The van der Waals surface area contributed by atoms with Gasteiger partial charge >= 0.3 is 0 Å². The molecule has 27 heavy (non-hydrogen) atoms. The number of anilines is 1. The van der Waals surface area contributed by atoms with Gasteiger partial charge in [0.2, 0.25) is 0 Å². The van der Waals surface area contributed by atoms with Crippen LogP contribution in [0.15, 0.2) is 43.0 Å². The maximum Gasteiger partial charge on any atom is 0.178 e. The summed E-state index contributed by atoms with van der Waals surface area (Å²) in [5.74, 6) is 2.98. The highest BCUT2D eigenvalue weighted by Crippen LogP contribution is 2.29. The van der Waals surface area contributed by atoms with Crippen LogP contribution >= 0.6 is 0 Å². The Labute approximate surface area is 155 Å². The van der Waals surface area contributed by atoms with Gasteiger partial charge in [0, 0.05) is 43.2 Å². The van der Waals surface area contributed by atoms with Crippen molar-refractivity contribution in [3.63, 3.8) is 0 Å². The summed E-state index contributed by atoms with van der Waals surface area (Å²) in [6.45, 7) is 3.84. The summed E-state index contributed by atoms with van der Waals surface area (Å²) < 4.78 is 3.59. The third-order valence-corrected chi connectivity index (χ3v) is 4.99. The second-order valence-electron chi connectivity index (χ2n) is 6.75. The lowest BCUT2D eigenvalue weighted by Gasteiger charge is -2.31. The minimum atomic E-state index is 0.319. The molecule has 5 rings (SSSR count). The Morgan fingerprint density at radius 3 is 2.70 bits per heavy atom. The minimum absolute atomic E-state index is 0.319. The molecule has 136 valence electrons. The number of piperidine rings is 1. The number of hydrogen-bond donors (Lipinski definition) is 0. The van der Waals surface area contributed by atoms with Crippen molar-refractivity contribution in [3.8, 4) is 5.82 Å². The number of fused-ring (bicyclic) bond motifs is 1. The Hall–Kier alpha value is -3.36. The summed E-state index contributed by atoms with van der Waals surface area (Å²) in [6.07, 6.45) is 7.21. The molecule has 1 fully saturated rings. The molecular formula is C18H19N9. The average molecular weight is 361 g/mol. The fourth-order valence-corrected chi connectivity index (χ4v) is 3.56. The fraction of sp³-hybridized carbons (Fsp3) is 0.333. The van der Waals surface area contributed by atoms with Crippen LogP contribution in [0.25, 0.3) is 11.5 Å². The maximum absolute atomic E-state index is 4.70. The van der Waals surface area contributed by atoms with E-state index in [0.29, 0.717) is 5.92 Å². The first-order valence-corrected chi connectivity index (χ1v) is 9.04. The maximum atomic E-state index is 4.70. The van der Waals surface area contributed by atoms with Crippen molar-refractivity contribution in [2.45, 2.75) is 25.7 Å². The quantitative estimate of drug-likeness (QED) is 0.549. The van der Waals surface area contributed by atoms with Crippen LogP contribution in [0.3, 0.4) is 0 Å². The van der Waals surface area contributed by atoms with Gasteiger partial charge in [0.15, 0.2) is 17.3 Å². The third kappa shape index (κ3) is 2.90. The molecule has 1 aliphatic heterocycles. The molecule has 0 N–H and O–H groups in total. The first kappa shape index (κ1) is 15.9. The van der Waals surface area contributed by atoms with Crippen molar-refractivity contribution in [3.05, 3.63) is 54.5 Å². The van der Waals surface area contributed by atoms with Gasteiger partial charge in [-0.15, -0.1) is 15.3 Å². The molecule has 0 amide bonds. The van der Waals surface area contributed by atoms with Gasteiger partial charge in [-0.05, 0) is 38.0 Å².